The molecule has 0 spiro atoms. The number of carbonyl (C=O) groups is 1. The van der Waals surface area contributed by atoms with Crippen molar-refractivity contribution in [3.05, 3.63) is 0 Å². The van der Waals surface area contributed by atoms with E-state index >= 15 is 0 Å². The van der Waals surface area contributed by atoms with Crippen LogP contribution in [-0.4, -0.2) is 76.9 Å². The van der Waals surface area contributed by atoms with E-state index in [1.54, 1.807) is 12.0 Å². The fourth-order valence-electron chi connectivity index (χ4n) is 2.44. The van der Waals surface area contributed by atoms with Crippen LogP contribution in [0.4, 0.5) is 4.79 Å². The number of rotatable bonds is 7. The molecule has 24 heavy (non-hydrogen) atoms. The van der Waals surface area contributed by atoms with E-state index in [-0.39, 0.29) is 6.09 Å². The molecule has 1 amide bonds. The lowest BCUT2D eigenvalue weighted by Crippen LogP contribution is -2.59. The maximum absolute atomic E-state index is 12.3. The first kappa shape index (κ1) is 21.4. The molecule has 0 aromatic rings. The third-order valence-corrected chi connectivity index (χ3v) is 5.37. The SMILES string of the molecule is COCC1(COCC[Si](C)(C)C)CN(C(=O)OC(C)(C)C)CCO1. The van der Waals surface area contributed by atoms with Crippen LogP contribution < -0.4 is 0 Å². The van der Waals surface area contributed by atoms with Crippen LogP contribution in [0.3, 0.4) is 0 Å². The maximum Gasteiger partial charge on any atom is 0.410 e. The van der Waals surface area contributed by atoms with Gasteiger partial charge in [-0.1, -0.05) is 19.6 Å². The number of morpholine rings is 1. The van der Waals surface area contributed by atoms with E-state index in [9.17, 15) is 4.79 Å². The quantitative estimate of drug-likeness (QED) is 0.515. The zero-order valence-corrected chi connectivity index (χ0v) is 17.4. The molecule has 0 aromatic heterocycles. The van der Waals surface area contributed by atoms with Gasteiger partial charge in [0.05, 0.1) is 26.4 Å². The molecule has 0 N–H and O–H groups in total. The van der Waals surface area contributed by atoms with Crippen LogP contribution in [0.2, 0.25) is 25.7 Å². The zero-order chi connectivity index (χ0) is 18.4. The molecular weight excluding hydrogens is 326 g/mol. The van der Waals surface area contributed by atoms with Crippen molar-refractivity contribution >= 4 is 14.2 Å². The van der Waals surface area contributed by atoms with E-state index in [2.05, 4.69) is 19.6 Å². The van der Waals surface area contributed by atoms with Gasteiger partial charge in [-0.2, -0.15) is 0 Å². The first-order valence-electron chi connectivity index (χ1n) is 8.65. The lowest BCUT2D eigenvalue weighted by Gasteiger charge is -2.42. The molecule has 0 aromatic carbocycles. The molecular formula is C17H35NO5Si. The average molecular weight is 362 g/mol. The topological polar surface area (TPSA) is 57.2 Å². The van der Waals surface area contributed by atoms with Crippen molar-refractivity contribution in [1.82, 2.24) is 4.90 Å². The van der Waals surface area contributed by atoms with Gasteiger partial charge in [-0.15, -0.1) is 0 Å². The average Bonchev–Trinajstić information content (AvgIpc) is 2.41. The largest absolute Gasteiger partial charge is 0.444 e. The van der Waals surface area contributed by atoms with Gasteiger partial charge in [0.1, 0.15) is 11.2 Å². The predicted octanol–water partition coefficient (Wildman–Crippen LogP) is 2.99. The highest BCUT2D eigenvalue weighted by Crippen LogP contribution is 2.22. The van der Waals surface area contributed by atoms with Crippen LogP contribution in [0.5, 0.6) is 0 Å². The molecule has 0 bridgehead atoms. The Morgan fingerprint density at radius 1 is 1.25 bits per heavy atom. The summed E-state index contributed by atoms with van der Waals surface area (Å²) in [5, 5.41) is 0. The van der Waals surface area contributed by atoms with Crippen molar-refractivity contribution in [3.8, 4) is 0 Å². The summed E-state index contributed by atoms with van der Waals surface area (Å²) >= 11 is 0. The van der Waals surface area contributed by atoms with Crippen molar-refractivity contribution in [1.29, 1.82) is 0 Å². The third kappa shape index (κ3) is 7.96. The van der Waals surface area contributed by atoms with Gasteiger partial charge in [0.15, 0.2) is 0 Å². The van der Waals surface area contributed by atoms with E-state index in [1.807, 2.05) is 20.8 Å². The van der Waals surface area contributed by atoms with Gasteiger partial charge in [0.2, 0.25) is 0 Å². The van der Waals surface area contributed by atoms with Gasteiger partial charge in [-0.3, -0.25) is 0 Å². The molecule has 142 valence electrons. The number of carbonyl (C=O) groups excluding carboxylic acids is 1. The van der Waals surface area contributed by atoms with E-state index < -0.39 is 19.3 Å². The van der Waals surface area contributed by atoms with E-state index in [1.165, 1.54) is 0 Å². The Bertz CT molecular complexity index is 401. The second kappa shape index (κ2) is 8.65. The summed E-state index contributed by atoms with van der Waals surface area (Å²) in [6.07, 6.45) is -0.312. The molecule has 0 aliphatic carbocycles. The molecule has 1 unspecified atom stereocenters. The van der Waals surface area contributed by atoms with Gasteiger partial charge < -0.3 is 23.8 Å². The standard InChI is InChI=1S/C17H35NO5Si/c1-16(2,3)23-15(19)18-8-9-22-17(12-18,13-20-4)14-21-10-11-24(5,6)7/h8-14H2,1-7H3. The van der Waals surface area contributed by atoms with Gasteiger partial charge >= 0.3 is 6.09 Å². The molecule has 1 aliphatic heterocycles. The summed E-state index contributed by atoms with van der Waals surface area (Å²) < 4.78 is 22.7. The van der Waals surface area contributed by atoms with Crippen LogP contribution in [0.1, 0.15) is 20.8 Å². The second-order valence-corrected chi connectivity index (χ2v) is 14.4. The number of hydrogen-bond acceptors (Lipinski definition) is 5. The van der Waals surface area contributed by atoms with E-state index in [4.69, 9.17) is 18.9 Å². The van der Waals surface area contributed by atoms with E-state index in [0.717, 1.165) is 12.7 Å². The van der Waals surface area contributed by atoms with Crippen LogP contribution in [0.25, 0.3) is 0 Å². The molecule has 6 nitrogen and oxygen atoms in total. The Morgan fingerprint density at radius 2 is 1.92 bits per heavy atom. The number of methoxy groups -OCH3 is 1. The lowest BCUT2D eigenvalue weighted by atomic mass is 10.0. The fourth-order valence-corrected chi connectivity index (χ4v) is 3.20. The third-order valence-electron chi connectivity index (χ3n) is 3.67. The monoisotopic (exact) mass is 361 g/mol. The summed E-state index contributed by atoms with van der Waals surface area (Å²) in [5.74, 6) is 0. The molecule has 1 fully saturated rings. The second-order valence-electron chi connectivity index (χ2n) is 8.73. The number of hydrogen-bond donors (Lipinski definition) is 0. The molecule has 0 radical (unpaired) electrons. The first-order valence-corrected chi connectivity index (χ1v) is 12.4. The Balaban J connectivity index is 2.62. The summed E-state index contributed by atoms with van der Waals surface area (Å²) in [4.78, 5) is 14.0. The normalized spacial score (nSPS) is 22.5. The van der Waals surface area contributed by atoms with Crippen LogP contribution in [0, 0.1) is 0 Å². The Morgan fingerprint density at radius 3 is 2.46 bits per heavy atom. The number of ether oxygens (including phenoxy) is 4. The van der Waals surface area contributed by atoms with Crippen LogP contribution in [-0.2, 0) is 18.9 Å². The fraction of sp³-hybridized carbons (Fsp3) is 0.941. The van der Waals surface area contributed by atoms with Crippen molar-refractivity contribution in [2.45, 2.75) is 57.7 Å². The van der Waals surface area contributed by atoms with Crippen molar-refractivity contribution in [2.75, 3.05) is 46.6 Å². The lowest BCUT2D eigenvalue weighted by molar-refractivity contribution is -0.165. The molecule has 1 saturated heterocycles. The Kier molecular flexibility index (Phi) is 7.71. The minimum absolute atomic E-state index is 0.312. The van der Waals surface area contributed by atoms with Crippen molar-refractivity contribution in [2.24, 2.45) is 0 Å². The van der Waals surface area contributed by atoms with Crippen molar-refractivity contribution < 1.29 is 23.7 Å². The van der Waals surface area contributed by atoms with Gasteiger partial charge in [0, 0.05) is 28.3 Å². The summed E-state index contributed by atoms with van der Waals surface area (Å²) in [5.41, 5.74) is -1.13. The summed E-state index contributed by atoms with van der Waals surface area (Å²) in [6, 6.07) is 1.10. The first-order chi connectivity index (χ1) is 11.0. The van der Waals surface area contributed by atoms with Crippen molar-refractivity contribution in [3.63, 3.8) is 0 Å². The maximum atomic E-state index is 12.3. The minimum Gasteiger partial charge on any atom is -0.444 e. The highest BCUT2D eigenvalue weighted by molar-refractivity contribution is 6.76. The zero-order valence-electron chi connectivity index (χ0n) is 16.4. The summed E-state index contributed by atoms with van der Waals surface area (Å²) in [7, 11) is 0.512. The highest BCUT2D eigenvalue weighted by Gasteiger charge is 2.40. The van der Waals surface area contributed by atoms with E-state index in [0.29, 0.717) is 32.9 Å². The number of nitrogens with zero attached hydrogens (tertiary/aromatic N) is 1. The van der Waals surface area contributed by atoms with Crippen LogP contribution >= 0.6 is 0 Å². The number of amides is 1. The molecule has 1 aliphatic rings. The smallest absolute Gasteiger partial charge is 0.410 e. The molecule has 7 heteroatoms. The predicted molar refractivity (Wildman–Crippen MR) is 97.3 cm³/mol. The molecule has 0 saturated carbocycles. The molecule has 1 atom stereocenters. The van der Waals surface area contributed by atoms with Gasteiger partial charge in [0.25, 0.3) is 0 Å². The minimum atomic E-state index is -1.13. The Hall–Kier alpha value is -0.633. The highest BCUT2D eigenvalue weighted by atomic mass is 28.3. The Labute approximate surface area is 147 Å². The van der Waals surface area contributed by atoms with Crippen LogP contribution in [0.15, 0.2) is 0 Å². The van der Waals surface area contributed by atoms with Gasteiger partial charge in [-0.05, 0) is 26.8 Å². The molecule has 1 rings (SSSR count). The van der Waals surface area contributed by atoms with Gasteiger partial charge in [-0.25, -0.2) is 4.79 Å². The molecule has 1 heterocycles. The summed E-state index contributed by atoms with van der Waals surface area (Å²) in [6.45, 7) is 15.5.